The second-order valence-electron chi connectivity index (χ2n) is 9.08. The zero-order chi connectivity index (χ0) is 24.9. The van der Waals surface area contributed by atoms with Crippen molar-refractivity contribution in [3.63, 3.8) is 0 Å². The van der Waals surface area contributed by atoms with Gasteiger partial charge in [0.1, 0.15) is 16.5 Å². The van der Waals surface area contributed by atoms with Gasteiger partial charge in [-0.2, -0.15) is 0 Å². The summed E-state index contributed by atoms with van der Waals surface area (Å²) >= 11 is 3.10. The lowest BCUT2D eigenvalue weighted by molar-refractivity contribution is 0.0904. The second-order valence-corrected chi connectivity index (χ2v) is 11.0. The fourth-order valence-corrected chi connectivity index (χ4v) is 6.25. The Morgan fingerprint density at radius 2 is 1.81 bits per heavy atom. The second kappa shape index (κ2) is 11.4. The highest BCUT2D eigenvalue weighted by Crippen LogP contribution is 2.27. The molecule has 1 fully saturated rings. The number of hydrogen-bond acceptors (Lipinski definition) is 7. The van der Waals surface area contributed by atoms with Crippen molar-refractivity contribution < 1.29 is 4.79 Å². The molecule has 0 atom stereocenters. The molecule has 1 N–H and O–H groups in total. The average molecular weight is 519 g/mol. The number of aromatic nitrogens is 4. The number of thiazole rings is 1. The van der Waals surface area contributed by atoms with Gasteiger partial charge in [0.25, 0.3) is 5.91 Å². The van der Waals surface area contributed by atoms with Crippen LogP contribution < -0.4 is 5.32 Å². The van der Waals surface area contributed by atoms with Crippen molar-refractivity contribution >= 4 is 29.0 Å². The van der Waals surface area contributed by atoms with E-state index in [-0.39, 0.29) is 11.9 Å². The van der Waals surface area contributed by atoms with Crippen LogP contribution in [0.15, 0.2) is 65.1 Å². The number of likely N-dealkylation sites (tertiary alicyclic amines) is 1. The minimum atomic E-state index is -0.0806. The summed E-state index contributed by atoms with van der Waals surface area (Å²) in [6, 6.07) is 19.0. The summed E-state index contributed by atoms with van der Waals surface area (Å²) in [5, 5.41) is 15.4. The molecule has 1 aliphatic rings. The first-order chi connectivity index (χ1) is 17.6. The number of amides is 1. The number of para-hydroxylation sites is 1. The van der Waals surface area contributed by atoms with Crippen LogP contribution in [-0.2, 0) is 12.3 Å². The number of rotatable bonds is 8. The van der Waals surface area contributed by atoms with Crippen LogP contribution in [-0.4, -0.2) is 49.7 Å². The fraction of sp³-hybridized carbons (Fsp3) is 0.333. The molecule has 0 spiro atoms. The van der Waals surface area contributed by atoms with Crippen molar-refractivity contribution in [2.45, 2.75) is 50.2 Å². The van der Waals surface area contributed by atoms with Gasteiger partial charge in [-0.25, -0.2) is 4.98 Å². The Bertz CT molecular complexity index is 1310. The van der Waals surface area contributed by atoms with Gasteiger partial charge in [-0.05, 0) is 43.9 Å². The van der Waals surface area contributed by atoms with Crippen LogP contribution in [0.3, 0.4) is 0 Å². The number of aryl methyl sites for hydroxylation is 2. The normalized spacial score (nSPS) is 14.7. The molecule has 0 aliphatic carbocycles. The monoisotopic (exact) mass is 518 g/mol. The van der Waals surface area contributed by atoms with Gasteiger partial charge < -0.3 is 5.32 Å². The molecule has 2 aromatic heterocycles. The Morgan fingerprint density at radius 1 is 1.06 bits per heavy atom. The van der Waals surface area contributed by atoms with Gasteiger partial charge in [0, 0.05) is 31.1 Å². The van der Waals surface area contributed by atoms with Gasteiger partial charge in [0.05, 0.1) is 11.4 Å². The van der Waals surface area contributed by atoms with E-state index in [1.54, 1.807) is 11.8 Å². The fourth-order valence-electron chi connectivity index (χ4n) is 4.47. The maximum Gasteiger partial charge on any atom is 0.270 e. The molecule has 9 heteroatoms. The maximum absolute atomic E-state index is 12.8. The SMILES string of the molecule is Cc1ccccc1-n1c(C)nnc1SCc1nc(C(=O)NC2CCN(Cc3ccccc3)CC2)cs1. The van der Waals surface area contributed by atoms with Crippen molar-refractivity contribution in [2.75, 3.05) is 13.1 Å². The van der Waals surface area contributed by atoms with E-state index in [4.69, 9.17) is 0 Å². The minimum absolute atomic E-state index is 0.0806. The number of nitrogens with zero attached hydrogens (tertiary/aromatic N) is 5. The number of piperidine rings is 1. The molecular weight excluding hydrogens is 488 g/mol. The molecule has 2 aromatic carbocycles. The van der Waals surface area contributed by atoms with Crippen molar-refractivity contribution in [1.82, 2.24) is 30.0 Å². The summed E-state index contributed by atoms with van der Waals surface area (Å²) in [7, 11) is 0. The standard InChI is InChI=1S/C27H30N6OS2/c1-19-8-6-7-11-24(19)33-20(2)30-31-27(33)36-18-25-29-23(17-35-25)26(34)28-22-12-14-32(15-13-22)16-21-9-4-3-5-10-21/h3-11,17,22H,12-16,18H2,1-2H3,(H,28,34). The van der Waals surface area contributed by atoms with E-state index in [0.717, 1.165) is 54.2 Å². The smallest absolute Gasteiger partial charge is 0.270 e. The van der Waals surface area contributed by atoms with Gasteiger partial charge in [-0.1, -0.05) is 60.3 Å². The molecule has 1 aliphatic heterocycles. The van der Waals surface area contributed by atoms with Gasteiger partial charge >= 0.3 is 0 Å². The largest absolute Gasteiger partial charge is 0.348 e. The molecule has 186 valence electrons. The predicted octanol–water partition coefficient (Wildman–Crippen LogP) is 5.03. The van der Waals surface area contributed by atoms with Gasteiger partial charge in [0.15, 0.2) is 5.16 Å². The molecule has 7 nitrogen and oxygen atoms in total. The first-order valence-corrected chi connectivity index (χ1v) is 14.1. The van der Waals surface area contributed by atoms with Crippen LogP contribution in [0.5, 0.6) is 0 Å². The highest BCUT2D eigenvalue weighted by molar-refractivity contribution is 7.98. The zero-order valence-electron chi connectivity index (χ0n) is 20.6. The quantitative estimate of drug-likeness (QED) is 0.330. The number of nitrogens with one attached hydrogen (secondary N) is 1. The van der Waals surface area contributed by atoms with Gasteiger partial charge in [-0.15, -0.1) is 21.5 Å². The number of hydrogen-bond donors (Lipinski definition) is 1. The van der Waals surface area contributed by atoms with Crippen LogP contribution in [0.25, 0.3) is 5.69 Å². The third-order valence-electron chi connectivity index (χ3n) is 6.43. The number of carbonyl (C=O) groups is 1. The van der Waals surface area contributed by atoms with Gasteiger partial charge in [-0.3, -0.25) is 14.3 Å². The molecule has 1 amide bonds. The van der Waals surface area contributed by atoms with E-state index in [1.807, 2.05) is 30.5 Å². The lowest BCUT2D eigenvalue weighted by Crippen LogP contribution is -2.44. The van der Waals surface area contributed by atoms with Crippen LogP contribution >= 0.6 is 23.1 Å². The number of carbonyl (C=O) groups excluding carboxylic acids is 1. The molecule has 0 radical (unpaired) electrons. The van der Waals surface area contributed by atoms with Crippen molar-refractivity contribution in [2.24, 2.45) is 0 Å². The Balaban J connectivity index is 1.13. The highest BCUT2D eigenvalue weighted by atomic mass is 32.2. The number of benzene rings is 2. The summed E-state index contributed by atoms with van der Waals surface area (Å²) in [6.45, 7) is 6.98. The topological polar surface area (TPSA) is 75.9 Å². The van der Waals surface area contributed by atoms with Crippen molar-refractivity contribution in [3.8, 4) is 5.69 Å². The Labute approximate surface area is 220 Å². The van der Waals surface area contributed by atoms with Crippen molar-refractivity contribution in [3.05, 3.63) is 87.6 Å². The maximum atomic E-state index is 12.8. The van der Waals surface area contributed by atoms with E-state index in [0.29, 0.717) is 11.4 Å². The minimum Gasteiger partial charge on any atom is -0.348 e. The molecular formula is C27H30N6OS2. The molecule has 0 unspecified atom stereocenters. The molecule has 4 aromatic rings. The first kappa shape index (κ1) is 24.7. The molecule has 3 heterocycles. The van der Waals surface area contributed by atoms with E-state index in [1.165, 1.54) is 22.5 Å². The third kappa shape index (κ3) is 5.86. The Kier molecular flexibility index (Phi) is 7.79. The zero-order valence-corrected chi connectivity index (χ0v) is 22.2. The summed E-state index contributed by atoms with van der Waals surface area (Å²) in [5.41, 5.74) is 4.08. The predicted molar refractivity (Wildman–Crippen MR) is 145 cm³/mol. The van der Waals surface area contributed by atoms with Crippen LogP contribution in [0.1, 0.15) is 45.3 Å². The van der Waals surface area contributed by atoms with Crippen molar-refractivity contribution in [1.29, 1.82) is 0 Å². The summed E-state index contributed by atoms with van der Waals surface area (Å²) in [5.74, 6) is 1.41. The van der Waals surface area contributed by atoms with E-state index >= 15 is 0 Å². The van der Waals surface area contributed by atoms with E-state index < -0.39 is 0 Å². The van der Waals surface area contributed by atoms with Crippen LogP contribution in [0.4, 0.5) is 0 Å². The first-order valence-electron chi connectivity index (χ1n) is 12.2. The van der Waals surface area contributed by atoms with Gasteiger partial charge in [0.2, 0.25) is 0 Å². The molecule has 36 heavy (non-hydrogen) atoms. The number of thioether (sulfide) groups is 1. The summed E-state index contributed by atoms with van der Waals surface area (Å²) in [4.78, 5) is 19.9. The Hall–Kier alpha value is -3.01. The third-order valence-corrected chi connectivity index (χ3v) is 8.40. The lowest BCUT2D eigenvalue weighted by Gasteiger charge is -2.32. The summed E-state index contributed by atoms with van der Waals surface area (Å²) in [6.07, 6.45) is 1.92. The van der Waals surface area contributed by atoms with Crippen LogP contribution in [0.2, 0.25) is 0 Å². The van der Waals surface area contributed by atoms with E-state index in [2.05, 4.69) is 73.3 Å². The van der Waals surface area contributed by atoms with E-state index in [9.17, 15) is 4.79 Å². The van der Waals surface area contributed by atoms with Crippen LogP contribution in [0, 0.1) is 13.8 Å². The average Bonchev–Trinajstić information content (AvgIpc) is 3.52. The molecule has 0 saturated carbocycles. The molecule has 5 rings (SSSR count). The lowest BCUT2D eigenvalue weighted by atomic mass is 10.0. The Morgan fingerprint density at radius 3 is 2.58 bits per heavy atom. The molecule has 0 bridgehead atoms. The molecule has 1 saturated heterocycles. The highest BCUT2D eigenvalue weighted by Gasteiger charge is 2.22. The summed E-state index contributed by atoms with van der Waals surface area (Å²) < 4.78 is 2.07.